The Morgan fingerprint density at radius 2 is 1.85 bits per heavy atom. The third-order valence-corrected chi connectivity index (χ3v) is 2.97. The van der Waals surface area contributed by atoms with Crippen molar-refractivity contribution in [3.05, 3.63) is 35.4 Å². The average molecular weight is 291 g/mol. The number of methoxy groups -OCH3 is 1. The van der Waals surface area contributed by atoms with Crippen LogP contribution in [0.1, 0.15) is 23.6 Å². The smallest absolute Gasteiger partial charge is 0.382 e. The Balaban J connectivity index is 2.70. The molecule has 0 amide bonds. The third-order valence-electron chi connectivity index (χ3n) is 2.97. The first-order valence-corrected chi connectivity index (χ1v) is 6.40. The fraction of sp³-hybridized carbons (Fsp3) is 0.571. The number of ether oxygens (including phenoxy) is 2. The zero-order valence-corrected chi connectivity index (χ0v) is 11.7. The molecule has 1 atom stereocenters. The van der Waals surface area contributed by atoms with Crippen molar-refractivity contribution < 1.29 is 22.6 Å². The summed E-state index contributed by atoms with van der Waals surface area (Å²) < 4.78 is 49.0. The molecule has 1 N–H and O–H groups in total. The van der Waals surface area contributed by atoms with Crippen LogP contribution < -0.4 is 5.32 Å². The molecule has 0 fully saturated rings. The Morgan fingerprint density at radius 1 is 1.15 bits per heavy atom. The second kappa shape index (κ2) is 8.24. The fourth-order valence-corrected chi connectivity index (χ4v) is 1.96. The van der Waals surface area contributed by atoms with Crippen LogP contribution in [0.3, 0.4) is 0 Å². The van der Waals surface area contributed by atoms with Crippen LogP contribution in [0.4, 0.5) is 13.2 Å². The molecule has 0 aliphatic carbocycles. The normalized spacial score (nSPS) is 13.4. The fourth-order valence-electron chi connectivity index (χ4n) is 1.96. The molecule has 1 aromatic rings. The third kappa shape index (κ3) is 5.11. The molecule has 6 heteroatoms. The predicted octanol–water partition coefficient (Wildman–Crippen LogP) is 3.02. The van der Waals surface area contributed by atoms with Crippen LogP contribution in [0, 0.1) is 0 Å². The van der Waals surface area contributed by atoms with Gasteiger partial charge in [-0.05, 0) is 25.1 Å². The molecule has 20 heavy (non-hydrogen) atoms. The molecule has 0 aliphatic rings. The molecule has 0 heterocycles. The first-order chi connectivity index (χ1) is 9.50. The quantitative estimate of drug-likeness (QED) is 0.747. The van der Waals surface area contributed by atoms with Gasteiger partial charge in [0, 0.05) is 19.8 Å². The summed E-state index contributed by atoms with van der Waals surface area (Å²) in [5.74, 6) is 0. The zero-order chi connectivity index (χ0) is 15.0. The van der Waals surface area contributed by atoms with Crippen molar-refractivity contribution in [2.24, 2.45) is 0 Å². The van der Waals surface area contributed by atoms with Crippen molar-refractivity contribution in [3.63, 3.8) is 0 Å². The van der Waals surface area contributed by atoms with Gasteiger partial charge in [-0.1, -0.05) is 18.2 Å². The van der Waals surface area contributed by atoms with E-state index in [1.54, 1.807) is 20.2 Å². The van der Waals surface area contributed by atoms with Gasteiger partial charge in [0.05, 0.1) is 18.8 Å². The van der Waals surface area contributed by atoms with E-state index >= 15 is 0 Å². The molecular weight excluding hydrogens is 271 g/mol. The number of nitrogens with one attached hydrogen (secondary N) is 1. The van der Waals surface area contributed by atoms with E-state index in [2.05, 4.69) is 5.32 Å². The molecular formula is C14H20F3NO2. The van der Waals surface area contributed by atoms with E-state index in [1.165, 1.54) is 12.1 Å². The summed E-state index contributed by atoms with van der Waals surface area (Å²) in [4.78, 5) is 0. The predicted molar refractivity (Wildman–Crippen MR) is 70.6 cm³/mol. The van der Waals surface area contributed by atoms with Gasteiger partial charge in [-0.25, -0.2) is 0 Å². The molecule has 0 radical (unpaired) electrons. The van der Waals surface area contributed by atoms with Gasteiger partial charge in [0.15, 0.2) is 0 Å². The lowest BCUT2D eigenvalue weighted by atomic mass is 9.98. The molecule has 1 unspecified atom stereocenters. The molecule has 0 spiro atoms. The van der Waals surface area contributed by atoms with Gasteiger partial charge in [-0.3, -0.25) is 0 Å². The molecule has 0 aromatic heterocycles. The molecule has 0 saturated carbocycles. The van der Waals surface area contributed by atoms with Crippen LogP contribution in [-0.4, -0.2) is 34.0 Å². The summed E-state index contributed by atoms with van der Waals surface area (Å²) in [7, 11) is 3.21. The van der Waals surface area contributed by atoms with Crippen molar-refractivity contribution >= 4 is 0 Å². The van der Waals surface area contributed by atoms with Gasteiger partial charge >= 0.3 is 6.18 Å². The highest BCUT2D eigenvalue weighted by molar-refractivity contribution is 5.32. The first kappa shape index (κ1) is 16.9. The number of rotatable bonds is 8. The van der Waals surface area contributed by atoms with Gasteiger partial charge < -0.3 is 14.8 Å². The maximum atomic E-state index is 13.0. The van der Waals surface area contributed by atoms with Crippen molar-refractivity contribution in [1.29, 1.82) is 0 Å². The molecule has 1 aromatic carbocycles. The lowest BCUT2D eigenvalue weighted by Crippen LogP contribution is -2.22. The highest BCUT2D eigenvalue weighted by Crippen LogP contribution is 2.35. The van der Waals surface area contributed by atoms with E-state index in [4.69, 9.17) is 9.47 Å². The van der Waals surface area contributed by atoms with E-state index in [0.29, 0.717) is 26.2 Å². The SMILES string of the molecule is CNC(CCOCCOC)c1ccccc1C(F)(F)F. The Hall–Kier alpha value is -1.11. The molecule has 114 valence electrons. The molecule has 1 rings (SSSR count). The summed E-state index contributed by atoms with van der Waals surface area (Å²) in [5.41, 5.74) is -0.353. The Kier molecular flexibility index (Phi) is 6.98. The largest absolute Gasteiger partial charge is 0.416 e. The highest BCUT2D eigenvalue weighted by Gasteiger charge is 2.34. The number of hydrogen-bond acceptors (Lipinski definition) is 3. The monoisotopic (exact) mass is 291 g/mol. The molecule has 0 aliphatic heterocycles. The van der Waals surface area contributed by atoms with Crippen LogP contribution in [0.25, 0.3) is 0 Å². The number of alkyl halides is 3. The first-order valence-electron chi connectivity index (χ1n) is 6.40. The molecule has 0 saturated heterocycles. The summed E-state index contributed by atoms with van der Waals surface area (Å²) in [6, 6.07) is 5.22. The zero-order valence-electron chi connectivity index (χ0n) is 11.7. The van der Waals surface area contributed by atoms with Crippen LogP contribution in [0.15, 0.2) is 24.3 Å². The van der Waals surface area contributed by atoms with Gasteiger partial charge in [0.2, 0.25) is 0 Å². The van der Waals surface area contributed by atoms with Crippen LogP contribution in [-0.2, 0) is 15.7 Å². The van der Waals surface area contributed by atoms with Crippen LogP contribution in [0.2, 0.25) is 0 Å². The second-order valence-corrected chi connectivity index (χ2v) is 4.32. The summed E-state index contributed by atoms with van der Waals surface area (Å²) in [6.45, 7) is 1.29. The average Bonchev–Trinajstić information content (AvgIpc) is 2.42. The van der Waals surface area contributed by atoms with Gasteiger partial charge in [-0.2, -0.15) is 13.2 Å². The number of halogens is 3. The lowest BCUT2D eigenvalue weighted by molar-refractivity contribution is -0.138. The summed E-state index contributed by atoms with van der Waals surface area (Å²) in [6.07, 6.45) is -3.88. The number of benzene rings is 1. The van der Waals surface area contributed by atoms with Gasteiger partial charge in [-0.15, -0.1) is 0 Å². The molecule has 3 nitrogen and oxygen atoms in total. The Labute approximate surface area is 117 Å². The lowest BCUT2D eigenvalue weighted by Gasteiger charge is -2.21. The Bertz CT molecular complexity index is 396. The standard InChI is InChI=1S/C14H20F3NO2/c1-18-13(7-8-20-10-9-19-2)11-5-3-4-6-12(11)14(15,16)17/h3-6,13,18H,7-10H2,1-2H3. The van der Waals surface area contributed by atoms with E-state index < -0.39 is 17.8 Å². The number of hydrogen-bond donors (Lipinski definition) is 1. The van der Waals surface area contributed by atoms with E-state index in [0.717, 1.165) is 6.07 Å². The highest BCUT2D eigenvalue weighted by atomic mass is 19.4. The van der Waals surface area contributed by atoms with Gasteiger partial charge in [0.25, 0.3) is 0 Å². The maximum Gasteiger partial charge on any atom is 0.416 e. The van der Waals surface area contributed by atoms with Crippen molar-refractivity contribution in [1.82, 2.24) is 5.32 Å². The minimum Gasteiger partial charge on any atom is -0.382 e. The van der Waals surface area contributed by atoms with Crippen LogP contribution in [0.5, 0.6) is 0 Å². The van der Waals surface area contributed by atoms with E-state index in [1.807, 2.05) is 0 Å². The minimum atomic E-state index is -4.34. The van der Waals surface area contributed by atoms with Crippen molar-refractivity contribution in [3.8, 4) is 0 Å². The van der Waals surface area contributed by atoms with Crippen molar-refractivity contribution in [2.45, 2.75) is 18.6 Å². The summed E-state index contributed by atoms with van der Waals surface area (Å²) in [5, 5.41) is 2.91. The Morgan fingerprint density at radius 3 is 2.45 bits per heavy atom. The topological polar surface area (TPSA) is 30.5 Å². The second-order valence-electron chi connectivity index (χ2n) is 4.32. The maximum absolute atomic E-state index is 13.0. The van der Waals surface area contributed by atoms with Gasteiger partial charge in [0.1, 0.15) is 0 Å². The van der Waals surface area contributed by atoms with E-state index in [-0.39, 0.29) is 5.56 Å². The minimum absolute atomic E-state index is 0.248. The van der Waals surface area contributed by atoms with Crippen molar-refractivity contribution in [2.75, 3.05) is 34.0 Å². The van der Waals surface area contributed by atoms with Crippen LogP contribution >= 0.6 is 0 Å². The van der Waals surface area contributed by atoms with E-state index in [9.17, 15) is 13.2 Å². The molecule has 0 bridgehead atoms. The summed E-state index contributed by atoms with van der Waals surface area (Å²) >= 11 is 0.